The molecule has 0 radical (unpaired) electrons. The molecule has 0 fully saturated rings. The van der Waals surface area contributed by atoms with E-state index in [4.69, 9.17) is 0 Å². The van der Waals surface area contributed by atoms with E-state index in [9.17, 15) is 14.4 Å². The van der Waals surface area contributed by atoms with Crippen LogP contribution in [-0.4, -0.2) is 15.0 Å². The third kappa shape index (κ3) is 3.35. The van der Waals surface area contributed by atoms with Crippen molar-refractivity contribution in [1.29, 1.82) is 0 Å². The van der Waals surface area contributed by atoms with Gasteiger partial charge in [-0.05, 0) is 55.0 Å². The highest BCUT2D eigenvalue weighted by Crippen LogP contribution is 2.16. The highest BCUT2D eigenvalue weighted by molar-refractivity contribution is 7.17. The van der Waals surface area contributed by atoms with Gasteiger partial charge in [-0.1, -0.05) is 13.0 Å². The molecule has 0 saturated heterocycles. The molecule has 0 unspecified atom stereocenters. The molecule has 26 heavy (non-hydrogen) atoms. The number of anilines is 1. The van der Waals surface area contributed by atoms with Crippen LogP contribution in [0.4, 0.5) is 5.69 Å². The molecule has 6 nitrogen and oxygen atoms in total. The molecular weight excluding hydrogens is 350 g/mol. The molecule has 1 aromatic carbocycles. The molecule has 0 aliphatic carbocycles. The Hall–Kier alpha value is -2.67. The number of thiophene rings is 1. The third-order valence-corrected chi connectivity index (χ3v) is 5.27. The van der Waals surface area contributed by atoms with Gasteiger partial charge in [0.25, 0.3) is 5.56 Å². The zero-order valence-electron chi connectivity index (χ0n) is 15.0. The Balaban J connectivity index is 1.96. The SMILES string of the molecule is CCCn1c(=O)c2sccc2n(CC(=O)Nc2ccc(C)c(C)c2)c1=O. The second-order valence-electron chi connectivity index (χ2n) is 6.31. The summed E-state index contributed by atoms with van der Waals surface area (Å²) in [6, 6.07) is 7.38. The molecule has 2 heterocycles. The number of nitrogens with one attached hydrogen (secondary N) is 1. The highest BCUT2D eigenvalue weighted by atomic mass is 32.1. The van der Waals surface area contributed by atoms with Crippen LogP contribution in [-0.2, 0) is 17.9 Å². The first-order chi connectivity index (χ1) is 12.4. The maximum Gasteiger partial charge on any atom is 0.332 e. The second-order valence-corrected chi connectivity index (χ2v) is 7.22. The molecular formula is C19H21N3O3S. The lowest BCUT2D eigenvalue weighted by molar-refractivity contribution is -0.116. The van der Waals surface area contributed by atoms with Crippen molar-refractivity contribution in [3.63, 3.8) is 0 Å². The van der Waals surface area contributed by atoms with Crippen molar-refractivity contribution in [2.75, 3.05) is 5.32 Å². The number of fused-ring (bicyclic) bond motifs is 1. The molecule has 0 atom stereocenters. The van der Waals surface area contributed by atoms with Gasteiger partial charge in [-0.15, -0.1) is 11.3 Å². The summed E-state index contributed by atoms with van der Waals surface area (Å²) in [6.07, 6.45) is 0.668. The Morgan fingerprint density at radius 2 is 1.88 bits per heavy atom. The van der Waals surface area contributed by atoms with Crippen molar-refractivity contribution in [2.45, 2.75) is 40.3 Å². The minimum atomic E-state index is -0.446. The Labute approximate surface area is 154 Å². The van der Waals surface area contributed by atoms with Crippen LogP contribution in [0.25, 0.3) is 10.2 Å². The first-order valence-corrected chi connectivity index (χ1v) is 9.38. The van der Waals surface area contributed by atoms with E-state index in [1.165, 1.54) is 20.5 Å². The van der Waals surface area contributed by atoms with E-state index >= 15 is 0 Å². The van der Waals surface area contributed by atoms with Gasteiger partial charge >= 0.3 is 5.69 Å². The summed E-state index contributed by atoms with van der Waals surface area (Å²) < 4.78 is 3.08. The van der Waals surface area contributed by atoms with Crippen molar-refractivity contribution in [2.24, 2.45) is 0 Å². The number of rotatable bonds is 5. The normalized spacial score (nSPS) is 11.0. The van der Waals surface area contributed by atoms with Crippen LogP contribution >= 0.6 is 11.3 Å². The van der Waals surface area contributed by atoms with Crippen molar-refractivity contribution in [3.05, 3.63) is 61.6 Å². The second kappa shape index (κ2) is 7.29. The van der Waals surface area contributed by atoms with Gasteiger partial charge in [0, 0.05) is 12.2 Å². The van der Waals surface area contributed by atoms with E-state index in [0.29, 0.717) is 28.9 Å². The van der Waals surface area contributed by atoms with E-state index in [1.807, 2.05) is 39.0 Å². The van der Waals surface area contributed by atoms with Crippen LogP contribution in [0.1, 0.15) is 24.5 Å². The number of nitrogens with zero attached hydrogens (tertiary/aromatic N) is 2. The molecule has 0 aliphatic rings. The quantitative estimate of drug-likeness (QED) is 0.749. The van der Waals surface area contributed by atoms with Crippen LogP contribution in [0.15, 0.2) is 39.2 Å². The largest absolute Gasteiger partial charge is 0.332 e. The van der Waals surface area contributed by atoms with Crippen LogP contribution in [0, 0.1) is 13.8 Å². The first-order valence-electron chi connectivity index (χ1n) is 8.50. The summed E-state index contributed by atoms with van der Waals surface area (Å²) in [6.45, 7) is 6.09. The van der Waals surface area contributed by atoms with Gasteiger partial charge in [-0.25, -0.2) is 4.79 Å². The topological polar surface area (TPSA) is 73.1 Å². The van der Waals surface area contributed by atoms with Gasteiger partial charge in [0.1, 0.15) is 11.2 Å². The number of aromatic nitrogens is 2. The van der Waals surface area contributed by atoms with E-state index in [2.05, 4.69) is 5.32 Å². The summed E-state index contributed by atoms with van der Waals surface area (Å²) >= 11 is 1.29. The number of amides is 1. The lowest BCUT2D eigenvalue weighted by Gasteiger charge is -2.12. The van der Waals surface area contributed by atoms with Gasteiger partial charge in [-0.2, -0.15) is 0 Å². The fourth-order valence-corrected chi connectivity index (χ4v) is 3.71. The molecule has 2 aromatic heterocycles. The lowest BCUT2D eigenvalue weighted by atomic mass is 10.1. The zero-order valence-corrected chi connectivity index (χ0v) is 15.9. The molecule has 136 valence electrons. The van der Waals surface area contributed by atoms with Gasteiger partial charge in [-0.3, -0.25) is 18.7 Å². The molecule has 0 spiro atoms. The van der Waals surface area contributed by atoms with Gasteiger partial charge < -0.3 is 5.32 Å². The van der Waals surface area contributed by atoms with E-state index < -0.39 is 5.69 Å². The third-order valence-electron chi connectivity index (χ3n) is 4.38. The maximum atomic E-state index is 12.7. The average Bonchev–Trinajstić information content (AvgIpc) is 3.08. The minimum absolute atomic E-state index is 0.136. The summed E-state index contributed by atoms with van der Waals surface area (Å²) in [5, 5.41) is 4.59. The molecule has 0 bridgehead atoms. The van der Waals surface area contributed by atoms with Crippen LogP contribution in [0.5, 0.6) is 0 Å². The Morgan fingerprint density at radius 1 is 1.12 bits per heavy atom. The summed E-state index contributed by atoms with van der Waals surface area (Å²) in [4.78, 5) is 37.7. The minimum Gasteiger partial charge on any atom is -0.325 e. The molecule has 3 aromatic rings. The molecule has 0 aliphatic heterocycles. The van der Waals surface area contributed by atoms with Gasteiger partial charge in [0.15, 0.2) is 0 Å². The molecule has 7 heteroatoms. The predicted octanol–water partition coefficient (Wildman–Crippen LogP) is 2.89. The molecule has 1 N–H and O–H groups in total. The number of hydrogen-bond acceptors (Lipinski definition) is 4. The number of benzene rings is 1. The average molecular weight is 371 g/mol. The van der Waals surface area contributed by atoms with Crippen molar-refractivity contribution < 1.29 is 4.79 Å². The first kappa shape index (κ1) is 18.1. The van der Waals surface area contributed by atoms with Crippen LogP contribution in [0.3, 0.4) is 0 Å². The Morgan fingerprint density at radius 3 is 2.58 bits per heavy atom. The number of hydrogen-bond donors (Lipinski definition) is 1. The zero-order chi connectivity index (χ0) is 18.8. The summed E-state index contributed by atoms with van der Waals surface area (Å²) in [7, 11) is 0. The number of carbonyl (C=O) groups excluding carboxylic acids is 1. The summed E-state index contributed by atoms with van der Waals surface area (Å²) in [5.74, 6) is -0.301. The van der Waals surface area contributed by atoms with Crippen LogP contribution in [0.2, 0.25) is 0 Å². The molecule has 0 saturated carbocycles. The van der Waals surface area contributed by atoms with Crippen LogP contribution < -0.4 is 16.6 Å². The van der Waals surface area contributed by atoms with E-state index in [1.54, 1.807) is 11.4 Å². The Kier molecular flexibility index (Phi) is 5.08. The van der Waals surface area contributed by atoms with Gasteiger partial charge in [0.05, 0.1) is 5.52 Å². The smallest absolute Gasteiger partial charge is 0.325 e. The number of carbonyl (C=O) groups is 1. The van der Waals surface area contributed by atoms with E-state index in [-0.39, 0.29) is 18.0 Å². The lowest BCUT2D eigenvalue weighted by Crippen LogP contribution is -2.41. The van der Waals surface area contributed by atoms with Crippen molar-refractivity contribution >= 4 is 33.1 Å². The molecule has 1 amide bonds. The molecule has 3 rings (SSSR count). The highest BCUT2D eigenvalue weighted by Gasteiger charge is 2.16. The standard InChI is InChI=1S/C19H21N3O3S/c1-4-8-21-18(24)17-15(7-9-26-17)22(19(21)25)11-16(23)20-14-6-5-12(2)13(3)10-14/h5-7,9-10H,4,8,11H2,1-3H3,(H,20,23). The summed E-state index contributed by atoms with van der Waals surface area (Å²) in [5.41, 5.74) is 2.69. The predicted molar refractivity (Wildman–Crippen MR) is 105 cm³/mol. The maximum absolute atomic E-state index is 12.7. The monoisotopic (exact) mass is 371 g/mol. The number of aryl methyl sites for hydroxylation is 2. The van der Waals surface area contributed by atoms with E-state index in [0.717, 1.165) is 11.1 Å². The Bertz CT molecular complexity index is 1090. The van der Waals surface area contributed by atoms with Crippen molar-refractivity contribution in [1.82, 2.24) is 9.13 Å². The fraction of sp³-hybridized carbons (Fsp3) is 0.316. The van der Waals surface area contributed by atoms with Crippen molar-refractivity contribution in [3.8, 4) is 0 Å². The fourth-order valence-electron chi connectivity index (χ4n) is 2.87. The van der Waals surface area contributed by atoms with Gasteiger partial charge in [0.2, 0.25) is 5.91 Å².